The van der Waals surface area contributed by atoms with E-state index in [9.17, 15) is 8.42 Å². The van der Waals surface area contributed by atoms with Crippen molar-refractivity contribution in [3.8, 4) is 0 Å². The summed E-state index contributed by atoms with van der Waals surface area (Å²) < 4.78 is 27.5. The van der Waals surface area contributed by atoms with Crippen molar-refractivity contribution in [1.82, 2.24) is 4.72 Å². The first-order chi connectivity index (χ1) is 10.4. The van der Waals surface area contributed by atoms with Gasteiger partial charge in [-0.05, 0) is 19.1 Å². The van der Waals surface area contributed by atoms with Crippen molar-refractivity contribution in [3.63, 3.8) is 0 Å². The summed E-state index contributed by atoms with van der Waals surface area (Å²) in [6, 6.07) is 16.9. The molecule has 0 unspecified atom stereocenters. The summed E-state index contributed by atoms with van der Waals surface area (Å²) in [6.07, 6.45) is 0. The Labute approximate surface area is 132 Å². The van der Waals surface area contributed by atoms with Crippen LogP contribution in [-0.2, 0) is 10.0 Å². The average Bonchev–Trinajstić information content (AvgIpc) is 2.48. The summed E-state index contributed by atoms with van der Waals surface area (Å²) in [4.78, 5) is 1.48. The van der Waals surface area contributed by atoms with Crippen LogP contribution in [0.1, 0.15) is 17.2 Å². The van der Waals surface area contributed by atoms with Gasteiger partial charge in [-0.2, -0.15) is 0 Å². The molecule has 118 valence electrons. The van der Waals surface area contributed by atoms with Gasteiger partial charge in [-0.25, -0.2) is 13.1 Å². The van der Waals surface area contributed by atoms with Gasteiger partial charge in [0, 0.05) is 5.56 Å². The zero-order chi connectivity index (χ0) is 16.2. The highest BCUT2D eigenvalue weighted by molar-refractivity contribution is 7.89. The zero-order valence-electron chi connectivity index (χ0n) is 13.2. The number of hydrogen-bond donors (Lipinski definition) is 2. The molecule has 0 bridgehead atoms. The van der Waals surface area contributed by atoms with E-state index in [1.165, 1.54) is 4.90 Å². The molecule has 0 amide bonds. The molecular weight excluding hydrogens is 296 g/mol. The summed E-state index contributed by atoms with van der Waals surface area (Å²) >= 11 is 0. The molecule has 0 spiro atoms. The molecule has 0 aromatic heterocycles. The minimum absolute atomic E-state index is 0.0708. The number of rotatable bonds is 6. The number of sulfonamides is 1. The van der Waals surface area contributed by atoms with Gasteiger partial charge in [-0.3, -0.25) is 0 Å². The Hall–Kier alpha value is -1.69. The van der Waals surface area contributed by atoms with Gasteiger partial charge in [0.25, 0.3) is 0 Å². The third kappa shape index (κ3) is 4.16. The van der Waals surface area contributed by atoms with E-state index in [1.807, 2.05) is 51.4 Å². The molecule has 4 nitrogen and oxygen atoms in total. The van der Waals surface area contributed by atoms with Gasteiger partial charge in [0.05, 0.1) is 25.5 Å². The number of hydrogen-bond acceptors (Lipinski definition) is 2. The summed E-state index contributed by atoms with van der Waals surface area (Å²) in [6.45, 7) is 2.30. The van der Waals surface area contributed by atoms with Crippen LogP contribution in [0.5, 0.6) is 0 Å². The fourth-order valence-electron chi connectivity index (χ4n) is 2.33. The summed E-state index contributed by atoms with van der Waals surface area (Å²) in [5, 5.41) is 0. The van der Waals surface area contributed by atoms with Crippen LogP contribution in [0.25, 0.3) is 0 Å². The Morgan fingerprint density at radius 2 is 1.59 bits per heavy atom. The van der Waals surface area contributed by atoms with E-state index in [-0.39, 0.29) is 6.04 Å². The summed E-state index contributed by atoms with van der Waals surface area (Å²) in [7, 11) is 0.574. The molecule has 5 heteroatoms. The number of aryl methyl sites for hydroxylation is 1. The van der Waals surface area contributed by atoms with Crippen LogP contribution in [0.3, 0.4) is 0 Å². The monoisotopic (exact) mass is 319 g/mol. The first-order valence-corrected chi connectivity index (χ1v) is 8.80. The minimum Gasteiger partial charge on any atom is -0.333 e. The Kier molecular flexibility index (Phi) is 5.34. The van der Waals surface area contributed by atoms with Gasteiger partial charge in [0.15, 0.2) is 0 Å². The van der Waals surface area contributed by atoms with Crippen molar-refractivity contribution < 1.29 is 13.3 Å². The van der Waals surface area contributed by atoms with Crippen molar-refractivity contribution in [3.05, 3.63) is 65.7 Å². The van der Waals surface area contributed by atoms with Crippen LogP contribution in [0, 0.1) is 6.92 Å². The smallest absolute Gasteiger partial charge is 0.240 e. The fraction of sp³-hybridized carbons (Fsp3) is 0.294. The van der Waals surface area contributed by atoms with E-state index in [4.69, 9.17) is 0 Å². The van der Waals surface area contributed by atoms with Crippen LogP contribution in [0.4, 0.5) is 0 Å². The molecule has 22 heavy (non-hydrogen) atoms. The van der Waals surface area contributed by atoms with Crippen LogP contribution in [0.15, 0.2) is 59.5 Å². The van der Waals surface area contributed by atoms with Crippen molar-refractivity contribution in [2.24, 2.45) is 0 Å². The molecule has 1 atom stereocenters. The molecule has 2 N–H and O–H groups in total. The molecule has 0 heterocycles. The van der Waals surface area contributed by atoms with E-state index in [1.54, 1.807) is 24.3 Å². The van der Waals surface area contributed by atoms with Crippen LogP contribution in [-0.4, -0.2) is 29.1 Å². The van der Waals surface area contributed by atoms with Crippen molar-refractivity contribution in [2.75, 3.05) is 20.6 Å². The molecule has 2 rings (SSSR count). The number of nitrogens with one attached hydrogen (secondary N) is 2. The Morgan fingerprint density at radius 1 is 1.00 bits per heavy atom. The summed E-state index contributed by atoms with van der Waals surface area (Å²) in [5.41, 5.74) is 2.16. The van der Waals surface area contributed by atoms with E-state index >= 15 is 0 Å². The Bertz CT molecular complexity index is 695. The molecule has 2 aromatic carbocycles. The van der Waals surface area contributed by atoms with Crippen molar-refractivity contribution in [1.29, 1.82) is 0 Å². The molecule has 0 saturated carbocycles. The lowest BCUT2D eigenvalue weighted by Crippen LogP contribution is -3.07. The van der Waals surface area contributed by atoms with Gasteiger partial charge < -0.3 is 4.90 Å². The Balaban J connectivity index is 2.14. The molecule has 0 aliphatic carbocycles. The normalized spacial score (nSPS) is 13.3. The molecule has 0 saturated heterocycles. The predicted octanol–water partition coefficient (Wildman–Crippen LogP) is 1.16. The van der Waals surface area contributed by atoms with E-state index < -0.39 is 10.0 Å². The maximum absolute atomic E-state index is 12.4. The largest absolute Gasteiger partial charge is 0.333 e. The van der Waals surface area contributed by atoms with Crippen LogP contribution in [0.2, 0.25) is 0 Å². The van der Waals surface area contributed by atoms with Gasteiger partial charge in [0.1, 0.15) is 6.04 Å². The second-order valence-electron chi connectivity index (χ2n) is 5.71. The lowest BCUT2D eigenvalue weighted by Gasteiger charge is -2.22. The van der Waals surface area contributed by atoms with Gasteiger partial charge in [-0.1, -0.05) is 48.0 Å². The molecule has 0 aliphatic rings. The molecular formula is C17H23N2O2S+. The van der Waals surface area contributed by atoms with Crippen LogP contribution < -0.4 is 9.62 Å². The first kappa shape index (κ1) is 16.7. The zero-order valence-corrected chi connectivity index (χ0v) is 14.0. The third-order valence-electron chi connectivity index (χ3n) is 3.71. The van der Waals surface area contributed by atoms with E-state index in [0.717, 1.165) is 11.1 Å². The number of likely N-dealkylation sites (N-methyl/N-ethyl adjacent to an activating group) is 1. The standard InChI is InChI=1S/C17H22N2O2S/c1-14-9-11-16(12-10-14)22(20,21)18-13-17(19(2)3)15-7-5-4-6-8-15/h4-12,17-18H,13H2,1-3H3/p+1/t17-/m0/s1. The SMILES string of the molecule is Cc1ccc(S(=O)(=O)NC[C@@H](c2ccccc2)[NH+](C)C)cc1. The quantitative estimate of drug-likeness (QED) is 0.839. The van der Waals surface area contributed by atoms with Crippen molar-refractivity contribution in [2.45, 2.75) is 17.9 Å². The lowest BCUT2D eigenvalue weighted by molar-refractivity contribution is -0.890. The second kappa shape index (κ2) is 7.05. The van der Waals surface area contributed by atoms with Gasteiger partial charge >= 0.3 is 0 Å². The highest BCUT2D eigenvalue weighted by atomic mass is 32.2. The first-order valence-electron chi connectivity index (χ1n) is 7.31. The average molecular weight is 319 g/mol. The highest BCUT2D eigenvalue weighted by Gasteiger charge is 2.21. The van der Waals surface area contributed by atoms with Crippen LogP contribution >= 0.6 is 0 Å². The highest BCUT2D eigenvalue weighted by Crippen LogP contribution is 2.12. The van der Waals surface area contributed by atoms with E-state index in [0.29, 0.717) is 11.4 Å². The fourth-order valence-corrected chi connectivity index (χ4v) is 3.38. The predicted molar refractivity (Wildman–Crippen MR) is 88.4 cm³/mol. The Morgan fingerprint density at radius 3 is 2.14 bits per heavy atom. The molecule has 0 radical (unpaired) electrons. The lowest BCUT2D eigenvalue weighted by atomic mass is 10.1. The number of benzene rings is 2. The summed E-state index contributed by atoms with van der Waals surface area (Å²) in [5.74, 6) is 0. The maximum Gasteiger partial charge on any atom is 0.240 e. The molecule has 2 aromatic rings. The molecule has 0 fully saturated rings. The second-order valence-corrected chi connectivity index (χ2v) is 7.47. The van der Waals surface area contributed by atoms with Crippen molar-refractivity contribution >= 4 is 10.0 Å². The van der Waals surface area contributed by atoms with Gasteiger partial charge in [0.2, 0.25) is 10.0 Å². The molecule has 0 aliphatic heterocycles. The maximum atomic E-state index is 12.4. The topological polar surface area (TPSA) is 50.6 Å². The minimum atomic E-state index is -3.48. The third-order valence-corrected chi connectivity index (χ3v) is 5.15. The van der Waals surface area contributed by atoms with Gasteiger partial charge in [-0.15, -0.1) is 0 Å². The number of quaternary nitrogens is 1. The van der Waals surface area contributed by atoms with E-state index in [2.05, 4.69) is 4.72 Å².